The fraction of sp³-hybridized carbons (Fsp3) is 0.900. The summed E-state index contributed by atoms with van der Waals surface area (Å²) in [5, 5.41) is 125. The summed E-state index contributed by atoms with van der Waals surface area (Å²) >= 11 is 0. The van der Waals surface area contributed by atoms with Gasteiger partial charge in [-0.05, 0) is 12.0 Å². The monoisotopic (exact) mass is 549 g/mol. The second-order valence-electron chi connectivity index (χ2n) is 8.99. The molecule has 1 aliphatic heterocycles. The number of hydrogen-bond donors (Lipinski definition) is 14. The fourth-order valence-electron chi connectivity index (χ4n) is 4.34. The van der Waals surface area contributed by atoms with Crippen LogP contribution >= 0.6 is 13.5 Å². The topological polar surface area (TPSA) is 284 Å². The molecule has 0 radical (unpaired) electrons. The van der Waals surface area contributed by atoms with Gasteiger partial charge >= 0.3 is 0 Å². The summed E-state index contributed by atoms with van der Waals surface area (Å²) in [6.07, 6.45) is -13.9. The molecule has 0 amide bonds. The van der Waals surface area contributed by atoms with Gasteiger partial charge in [-0.15, -0.1) is 0 Å². The SMILES string of the molecule is OCC1=CC(NC2CC(CO)C(O)C(O)C2O)C(O)C(O)C1O.OCC1OC(O)[C@H](O)C(O)C1O.S. The van der Waals surface area contributed by atoms with Gasteiger partial charge in [0.05, 0.1) is 31.5 Å². The van der Waals surface area contributed by atoms with Gasteiger partial charge in [0, 0.05) is 18.6 Å². The zero-order chi connectivity index (χ0) is 26.6. The maximum absolute atomic E-state index is 10.1. The van der Waals surface area contributed by atoms with Crippen molar-refractivity contribution in [2.75, 3.05) is 19.8 Å². The van der Waals surface area contributed by atoms with Crippen LogP contribution in [0.5, 0.6) is 0 Å². The Morgan fingerprint density at radius 3 is 1.81 bits per heavy atom. The van der Waals surface area contributed by atoms with Gasteiger partial charge in [0.25, 0.3) is 0 Å². The third-order valence-corrected chi connectivity index (χ3v) is 6.66. The summed E-state index contributed by atoms with van der Waals surface area (Å²) in [4.78, 5) is 0. The van der Waals surface area contributed by atoms with Crippen LogP contribution in [-0.2, 0) is 4.74 Å². The van der Waals surface area contributed by atoms with Crippen LogP contribution in [0.4, 0.5) is 0 Å². The van der Waals surface area contributed by atoms with Crippen molar-refractivity contribution in [2.24, 2.45) is 5.92 Å². The number of hydrogen-bond acceptors (Lipinski definition) is 15. The van der Waals surface area contributed by atoms with Gasteiger partial charge in [0.15, 0.2) is 6.29 Å². The van der Waals surface area contributed by atoms with E-state index < -0.39 is 98.5 Å². The Kier molecular flexibility index (Phi) is 13.6. The zero-order valence-electron chi connectivity index (χ0n) is 19.2. The largest absolute Gasteiger partial charge is 0.396 e. The molecule has 16 heteroatoms. The van der Waals surface area contributed by atoms with Crippen LogP contribution in [0, 0.1) is 5.92 Å². The van der Waals surface area contributed by atoms with Crippen LogP contribution in [0.2, 0.25) is 0 Å². The van der Waals surface area contributed by atoms with Gasteiger partial charge in [-0.25, -0.2) is 0 Å². The molecule has 1 heterocycles. The van der Waals surface area contributed by atoms with E-state index in [1.165, 1.54) is 6.08 Å². The van der Waals surface area contributed by atoms with E-state index in [0.29, 0.717) is 0 Å². The van der Waals surface area contributed by atoms with Crippen LogP contribution in [0.1, 0.15) is 6.42 Å². The van der Waals surface area contributed by atoms with E-state index in [9.17, 15) is 40.9 Å². The molecule has 0 bridgehead atoms. The van der Waals surface area contributed by atoms with Crippen molar-refractivity contribution in [2.45, 2.75) is 85.8 Å². The summed E-state index contributed by atoms with van der Waals surface area (Å²) in [5.74, 6) is -0.650. The van der Waals surface area contributed by atoms with Crippen LogP contribution in [0.15, 0.2) is 11.6 Å². The molecule has 2 fully saturated rings. The van der Waals surface area contributed by atoms with E-state index in [4.69, 9.17) is 25.5 Å². The minimum Gasteiger partial charge on any atom is -0.396 e. The molecule has 3 aliphatic rings. The Labute approximate surface area is 213 Å². The summed E-state index contributed by atoms with van der Waals surface area (Å²) in [5.41, 5.74) is 0.130. The van der Waals surface area contributed by atoms with Crippen molar-refractivity contribution in [3.8, 4) is 0 Å². The molecule has 0 aromatic carbocycles. The quantitative estimate of drug-likeness (QED) is 0.142. The third kappa shape index (κ3) is 7.32. The first-order valence-corrected chi connectivity index (χ1v) is 11.1. The van der Waals surface area contributed by atoms with E-state index in [-0.39, 0.29) is 32.1 Å². The summed E-state index contributed by atoms with van der Waals surface area (Å²) in [6.45, 7) is -1.41. The van der Waals surface area contributed by atoms with Crippen molar-refractivity contribution in [3.63, 3.8) is 0 Å². The second-order valence-corrected chi connectivity index (χ2v) is 8.99. The highest BCUT2D eigenvalue weighted by Crippen LogP contribution is 2.28. The van der Waals surface area contributed by atoms with Crippen molar-refractivity contribution >= 4 is 13.5 Å². The molecule has 2 aliphatic carbocycles. The normalized spacial score (nSPS) is 47.2. The molecule has 36 heavy (non-hydrogen) atoms. The fourth-order valence-corrected chi connectivity index (χ4v) is 4.34. The molecular weight excluding hydrogens is 510 g/mol. The average Bonchev–Trinajstić information content (AvgIpc) is 2.85. The second kappa shape index (κ2) is 14.6. The van der Waals surface area contributed by atoms with Crippen molar-refractivity contribution in [1.82, 2.24) is 5.32 Å². The van der Waals surface area contributed by atoms with Gasteiger partial charge in [-0.3, -0.25) is 0 Å². The zero-order valence-corrected chi connectivity index (χ0v) is 20.2. The lowest BCUT2D eigenvalue weighted by atomic mass is 9.78. The number of nitrogens with one attached hydrogen (secondary N) is 1. The Balaban J connectivity index is 0.000000422. The van der Waals surface area contributed by atoms with E-state index in [1.54, 1.807) is 0 Å². The molecule has 0 spiro atoms. The van der Waals surface area contributed by atoms with Crippen LogP contribution in [0.3, 0.4) is 0 Å². The standard InChI is InChI=1S/C14H25NO8.C6H12O6.H2S/c16-3-5-1-7(11(20)13(22)9(5)18)15-8-2-6(4-17)10(19)14(23)12(8)21;7-1-2-3(8)4(9)5(10)6(11)12-2;/h1,6-23H,2-4H2;2-11H,1H2;1H2/t;2?,3?,4?,5-,6?;/m.1./s1. The van der Waals surface area contributed by atoms with Gasteiger partial charge < -0.3 is 76.4 Å². The lowest BCUT2D eigenvalue weighted by Gasteiger charge is -2.43. The molecule has 14 N–H and O–H groups in total. The van der Waals surface area contributed by atoms with Crippen LogP contribution in [-0.4, -0.2) is 166 Å². The molecule has 1 saturated heterocycles. The lowest BCUT2D eigenvalue weighted by molar-refractivity contribution is -0.286. The van der Waals surface area contributed by atoms with E-state index >= 15 is 0 Å². The van der Waals surface area contributed by atoms with Crippen molar-refractivity contribution in [3.05, 3.63) is 11.6 Å². The van der Waals surface area contributed by atoms with Gasteiger partial charge in [-0.1, -0.05) is 6.08 Å². The third-order valence-electron chi connectivity index (χ3n) is 6.66. The maximum atomic E-state index is 10.1. The molecule has 13 unspecified atom stereocenters. The highest BCUT2D eigenvalue weighted by Gasteiger charge is 2.45. The first-order valence-electron chi connectivity index (χ1n) is 11.1. The highest BCUT2D eigenvalue weighted by molar-refractivity contribution is 7.59. The van der Waals surface area contributed by atoms with Crippen molar-refractivity contribution < 1.29 is 71.1 Å². The van der Waals surface area contributed by atoms with Crippen LogP contribution in [0.25, 0.3) is 0 Å². The van der Waals surface area contributed by atoms with Gasteiger partial charge in [-0.2, -0.15) is 13.5 Å². The predicted octanol–water partition coefficient (Wildman–Crippen LogP) is -7.69. The number of aliphatic hydroxyl groups is 13. The Morgan fingerprint density at radius 2 is 1.28 bits per heavy atom. The Bertz CT molecular complexity index is 684. The Morgan fingerprint density at radius 1 is 0.694 bits per heavy atom. The minimum absolute atomic E-state index is 0. The lowest BCUT2D eigenvalue weighted by Crippen LogP contribution is -2.63. The first-order chi connectivity index (χ1) is 16.4. The maximum Gasteiger partial charge on any atom is 0.184 e. The molecule has 3 rings (SSSR count). The number of rotatable bonds is 5. The number of ether oxygens (including phenoxy) is 1. The first kappa shape index (κ1) is 33.5. The number of aliphatic hydroxyl groups excluding tert-OH is 13. The highest BCUT2D eigenvalue weighted by atomic mass is 32.1. The summed E-state index contributed by atoms with van der Waals surface area (Å²) in [6, 6.07) is -1.64. The molecule has 15 nitrogen and oxygen atoms in total. The van der Waals surface area contributed by atoms with E-state index in [2.05, 4.69) is 10.1 Å². The van der Waals surface area contributed by atoms with E-state index in [0.717, 1.165) is 0 Å². The molecule has 214 valence electrons. The molecular formula is C20H39NO14S. The summed E-state index contributed by atoms with van der Waals surface area (Å²) < 4.78 is 4.58. The minimum atomic E-state index is -1.57. The van der Waals surface area contributed by atoms with Crippen molar-refractivity contribution in [1.29, 1.82) is 0 Å². The predicted molar refractivity (Wildman–Crippen MR) is 123 cm³/mol. The van der Waals surface area contributed by atoms with Crippen LogP contribution < -0.4 is 5.32 Å². The van der Waals surface area contributed by atoms with Gasteiger partial charge in [0.1, 0.15) is 48.8 Å². The smallest absolute Gasteiger partial charge is 0.184 e. The van der Waals surface area contributed by atoms with Gasteiger partial charge in [0.2, 0.25) is 0 Å². The Hall–Kier alpha value is -0.510. The molecule has 0 aromatic heterocycles. The van der Waals surface area contributed by atoms with E-state index in [1.807, 2.05) is 0 Å². The molecule has 14 atom stereocenters. The summed E-state index contributed by atoms with van der Waals surface area (Å²) in [7, 11) is 0. The molecule has 1 saturated carbocycles. The molecule has 0 aromatic rings. The average molecular weight is 550 g/mol.